The van der Waals surface area contributed by atoms with Gasteiger partial charge in [0.05, 0.1) is 13.2 Å². The lowest BCUT2D eigenvalue weighted by Crippen LogP contribution is -2.36. The van der Waals surface area contributed by atoms with E-state index in [0.29, 0.717) is 5.88 Å². The molecule has 0 atom stereocenters. The van der Waals surface area contributed by atoms with Gasteiger partial charge in [-0.3, -0.25) is 0 Å². The average molecular weight is 259 g/mol. The van der Waals surface area contributed by atoms with Crippen LogP contribution in [0.2, 0.25) is 0 Å². The lowest BCUT2D eigenvalue weighted by Gasteiger charge is -2.30. The second kappa shape index (κ2) is 4.93. The number of aryl methyl sites for hydroxylation is 1. The van der Waals surface area contributed by atoms with E-state index in [4.69, 9.17) is 15.0 Å². The number of ether oxygens (including phenoxy) is 1. The maximum Gasteiger partial charge on any atom is 0.222 e. The SMILES string of the molecule is Cc1ccc(N2CCOCC2)c(-c2cc(N)on2)c1. The van der Waals surface area contributed by atoms with Crippen molar-refractivity contribution in [2.75, 3.05) is 36.9 Å². The summed E-state index contributed by atoms with van der Waals surface area (Å²) in [6, 6.07) is 8.11. The van der Waals surface area contributed by atoms with Gasteiger partial charge in [-0.25, -0.2) is 0 Å². The Morgan fingerprint density at radius 1 is 1.21 bits per heavy atom. The fourth-order valence-electron chi connectivity index (χ4n) is 2.35. The van der Waals surface area contributed by atoms with Crippen LogP contribution in [-0.4, -0.2) is 31.5 Å². The summed E-state index contributed by atoms with van der Waals surface area (Å²) in [7, 11) is 0. The van der Waals surface area contributed by atoms with Crippen molar-refractivity contribution in [3.05, 3.63) is 29.8 Å². The molecule has 0 aliphatic carbocycles. The summed E-state index contributed by atoms with van der Waals surface area (Å²) >= 11 is 0. The lowest BCUT2D eigenvalue weighted by molar-refractivity contribution is 0.123. The number of hydrogen-bond acceptors (Lipinski definition) is 5. The predicted octanol–water partition coefficient (Wildman–Crippen LogP) is 2.07. The van der Waals surface area contributed by atoms with Crippen LogP contribution in [0.4, 0.5) is 11.6 Å². The molecule has 0 spiro atoms. The van der Waals surface area contributed by atoms with Crippen LogP contribution in [0.15, 0.2) is 28.8 Å². The molecule has 1 aromatic carbocycles. The fourth-order valence-corrected chi connectivity index (χ4v) is 2.35. The van der Waals surface area contributed by atoms with E-state index in [-0.39, 0.29) is 0 Å². The first-order valence-corrected chi connectivity index (χ1v) is 6.40. The van der Waals surface area contributed by atoms with E-state index in [0.717, 1.165) is 43.2 Å². The van der Waals surface area contributed by atoms with Crippen molar-refractivity contribution in [3.63, 3.8) is 0 Å². The lowest BCUT2D eigenvalue weighted by atomic mass is 10.0. The number of aromatic nitrogens is 1. The van der Waals surface area contributed by atoms with E-state index in [1.807, 2.05) is 0 Å². The highest BCUT2D eigenvalue weighted by atomic mass is 16.5. The Bertz CT molecular complexity index is 574. The quantitative estimate of drug-likeness (QED) is 0.894. The van der Waals surface area contributed by atoms with Gasteiger partial charge in [0.25, 0.3) is 0 Å². The molecule has 5 heteroatoms. The molecule has 1 fully saturated rings. The minimum Gasteiger partial charge on any atom is -0.378 e. The fraction of sp³-hybridized carbons (Fsp3) is 0.357. The summed E-state index contributed by atoms with van der Waals surface area (Å²) in [6.45, 7) is 5.37. The zero-order chi connectivity index (χ0) is 13.2. The molecule has 0 bridgehead atoms. The highest BCUT2D eigenvalue weighted by Gasteiger charge is 2.17. The summed E-state index contributed by atoms with van der Waals surface area (Å²) in [5.74, 6) is 0.337. The number of anilines is 2. The summed E-state index contributed by atoms with van der Waals surface area (Å²) in [4.78, 5) is 2.31. The zero-order valence-electron chi connectivity index (χ0n) is 10.9. The molecule has 2 heterocycles. The summed E-state index contributed by atoms with van der Waals surface area (Å²) < 4.78 is 10.4. The molecule has 1 aliphatic heterocycles. The van der Waals surface area contributed by atoms with Gasteiger partial charge in [0.2, 0.25) is 5.88 Å². The molecular weight excluding hydrogens is 242 g/mol. The Kier molecular flexibility index (Phi) is 3.13. The third-order valence-corrected chi connectivity index (χ3v) is 3.31. The van der Waals surface area contributed by atoms with Gasteiger partial charge in [-0.15, -0.1) is 0 Å². The minimum absolute atomic E-state index is 0.337. The van der Waals surface area contributed by atoms with E-state index in [2.05, 4.69) is 35.2 Å². The maximum absolute atomic E-state index is 5.62. The number of nitrogens with two attached hydrogens (primary N) is 1. The molecule has 1 aliphatic rings. The first-order chi connectivity index (χ1) is 9.24. The Hall–Kier alpha value is -2.01. The van der Waals surface area contributed by atoms with E-state index >= 15 is 0 Å². The van der Waals surface area contributed by atoms with Gasteiger partial charge in [0.1, 0.15) is 5.69 Å². The molecule has 100 valence electrons. The molecule has 0 amide bonds. The van der Waals surface area contributed by atoms with Crippen LogP contribution in [0, 0.1) is 6.92 Å². The zero-order valence-corrected chi connectivity index (χ0v) is 10.9. The van der Waals surface area contributed by atoms with Crippen LogP contribution in [0.1, 0.15) is 5.56 Å². The normalized spacial score (nSPS) is 15.7. The van der Waals surface area contributed by atoms with Crippen LogP contribution < -0.4 is 10.6 Å². The first kappa shape index (κ1) is 12.0. The van der Waals surface area contributed by atoms with Gasteiger partial charge >= 0.3 is 0 Å². The highest BCUT2D eigenvalue weighted by molar-refractivity contribution is 5.78. The van der Waals surface area contributed by atoms with Gasteiger partial charge in [-0.05, 0) is 19.1 Å². The van der Waals surface area contributed by atoms with Crippen molar-refractivity contribution in [2.24, 2.45) is 0 Å². The Balaban J connectivity index is 2.03. The standard InChI is InChI=1S/C14H17N3O2/c1-10-2-3-13(17-4-6-18-7-5-17)11(8-10)12-9-14(15)19-16-12/h2-3,8-9H,4-7,15H2,1H3. The van der Waals surface area contributed by atoms with Crippen LogP contribution in [-0.2, 0) is 4.74 Å². The number of morpholine rings is 1. The van der Waals surface area contributed by atoms with E-state index < -0.39 is 0 Å². The molecule has 3 rings (SSSR count). The summed E-state index contributed by atoms with van der Waals surface area (Å²) in [5.41, 5.74) is 9.80. The van der Waals surface area contributed by atoms with Gasteiger partial charge < -0.3 is 19.9 Å². The molecule has 2 aromatic rings. The summed E-state index contributed by atoms with van der Waals surface area (Å²) in [6.07, 6.45) is 0. The third-order valence-electron chi connectivity index (χ3n) is 3.31. The number of nitrogens with zero attached hydrogens (tertiary/aromatic N) is 2. The van der Waals surface area contributed by atoms with Gasteiger partial charge in [0, 0.05) is 30.4 Å². The van der Waals surface area contributed by atoms with Crippen molar-refractivity contribution in [1.82, 2.24) is 5.16 Å². The highest BCUT2D eigenvalue weighted by Crippen LogP contribution is 2.32. The first-order valence-electron chi connectivity index (χ1n) is 6.40. The van der Waals surface area contributed by atoms with Crippen LogP contribution >= 0.6 is 0 Å². The molecular formula is C14H17N3O2. The monoisotopic (exact) mass is 259 g/mol. The number of nitrogen functional groups attached to an aromatic ring is 1. The van der Waals surface area contributed by atoms with Crippen molar-refractivity contribution in [2.45, 2.75) is 6.92 Å². The van der Waals surface area contributed by atoms with Crippen LogP contribution in [0.5, 0.6) is 0 Å². The smallest absolute Gasteiger partial charge is 0.222 e. The van der Waals surface area contributed by atoms with Gasteiger partial charge in [0.15, 0.2) is 0 Å². The molecule has 19 heavy (non-hydrogen) atoms. The second-order valence-corrected chi connectivity index (χ2v) is 4.73. The Labute approximate surface area is 111 Å². The summed E-state index contributed by atoms with van der Waals surface area (Å²) in [5, 5.41) is 4.02. The molecule has 5 nitrogen and oxygen atoms in total. The molecule has 0 saturated carbocycles. The van der Waals surface area contributed by atoms with E-state index in [1.54, 1.807) is 6.07 Å². The number of benzene rings is 1. The number of rotatable bonds is 2. The van der Waals surface area contributed by atoms with Gasteiger partial charge in [-0.2, -0.15) is 0 Å². The molecule has 1 saturated heterocycles. The third kappa shape index (κ3) is 2.42. The minimum atomic E-state index is 0.337. The van der Waals surface area contributed by atoms with Crippen LogP contribution in [0.3, 0.4) is 0 Å². The van der Waals surface area contributed by atoms with Crippen molar-refractivity contribution in [3.8, 4) is 11.3 Å². The van der Waals surface area contributed by atoms with Crippen LogP contribution in [0.25, 0.3) is 11.3 Å². The predicted molar refractivity (Wildman–Crippen MR) is 74.1 cm³/mol. The Morgan fingerprint density at radius 3 is 2.68 bits per heavy atom. The molecule has 1 aromatic heterocycles. The van der Waals surface area contributed by atoms with Crippen molar-refractivity contribution >= 4 is 11.6 Å². The van der Waals surface area contributed by atoms with E-state index in [9.17, 15) is 0 Å². The van der Waals surface area contributed by atoms with Crippen molar-refractivity contribution < 1.29 is 9.26 Å². The van der Waals surface area contributed by atoms with Gasteiger partial charge in [-0.1, -0.05) is 16.8 Å². The average Bonchev–Trinajstić information content (AvgIpc) is 2.86. The molecule has 0 unspecified atom stereocenters. The topological polar surface area (TPSA) is 64.5 Å². The van der Waals surface area contributed by atoms with E-state index in [1.165, 1.54) is 5.56 Å². The Morgan fingerprint density at radius 2 is 2.00 bits per heavy atom. The number of hydrogen-bond donors (Lipinski definition) is 1. The largest absolute Gasteiger partial charge is 0.378 e. The molecule has 0 radical (unpaired) electrons. The van der Waals surface area contributed by atoms with Crippen molar-refractivity contribution in [1.29, 1.82) is 0 Å². The second-order valence-electron chi connectivity index (χ2n) is 4.73. The molecule has 2 N–H and O–H groups in total. The maximum atomic E-state index is 5.62.